The molecule has 0 spiro atoms. The number of amides is 3. The van der Waals surface area contributed by atoms with Crippen molar-refractivity contribution in [3.8, 4) is 5.75 Å². The number of halogens is 1. The zero-order valence-electron chi connectivity index (χ0n) is 20.0. The highest BCUT2D eigenvalue weighted by Crippen LogP contribution is 2.34. The van der Waals surface area contributed by atoms with E-state index >= 15 is 0 Å². The molecule has 0 radical (unpaired) electrons. The molecule has 1 N–H and O–H groups in total. The molecule has 0 aliphatic carbocycles. The Morgan fingerprint density at radius 3 is 2.60 bits per heavy atom. The van der Waals surface area contributed by atoms with Crippen LogP contribution in [0.2, 0.25) is 5.02 Å². The molecule has 4 rings (SSSR count). The Morgan fingerprint density at radius 2 is 1.89 bits per heavy atom. The van der Waals surface area contributed by atoms with E-state index in [1.807, 2.05) is 55.1 Å². The first-order chi connectivity index (χ1) is 16.9. The highest BCUT2D eigenvalue weighted by Gasteiger charge is 2.33. The number of rotatable bonds is 8. The van der Waals surface area contributed by atoms with E-state index in [1.54, 1.807) is 28.4 Å². The molecule has 0 fully saturated rings. The Hall–Kier alpha value is -3.03. The lowest BCUT2D eigenvalue weighted by Gasteiger charge is -2.37. The van der Waals surface area contributed by atoms with Crippen molar-refractivity contribution >= 4 is 40.6 Å². The summed E-state index contributed by atoms with van der Waals surface area (Å²) in [5.74, 6) is 0.619. The van der Waals surface area contributed by atoms with Crippen LogP contribution in [-0.2, 0) is 11.2 Å². The molecule has 1 unspecified atom stereocenters. The molecule has 0 saturated carbocycles. The van der Waals surface area contributed by atoms with Crippen molar-refractivity contribution in [1.29, 1.82) is 0 Å². The molecule has 2 heterocycles. The lowest BCUT2D eigenvalue weighted by atomic mass is 10.0. The number of urea groups is 1. The Balaban J connectivity index is 1.46. The third-order valence-corrected chi connectivity index (χ3v) is 7.29. The summed E-state index contributed by atoms with van der Waals surface area (Å²) >= 11 is 7.70. The van der Waals surface area contributed by atoms with Crippen molar-refractivity contribution < 1.29 is 14.3 Å². The number of hydrogen-bond donors (Lipinski definition) is 1. The summed E-state index contributed by atoms with van der Waals surface area (Å²) in [5.41, 5.74) is 2.95. The molecule has 0 saturated heterocycles. The maximum Gasteiger partial charge on any atom is 0.322 e. The monoisotopic (exact) mass is 511 g/mol. The van der Waals surface area contributed by atoms with Gasteiger partial charge in [-0.05, 0) is 73.2 Å². The van der Waals surface area contributed by atoms with Gasteiger partial charge in [0.2, 0.25) is 5.91 Å². The zero-order chi connectivity index (χ0) is 24.8. The van der Waals surface area contributed by atoms with Crippen molar-refractivity contribution in [1.82, 2.24) is 9.80 Å². The van der Waals surface area contributed by atoms with Crippen molar-refractivity contribution in [2.45, 2.75) is 32.7 Å². The van der Waals surface area contributed by atoms with E-state index in [1.165, 1.54) is 4.88 Å². The molecule has 35 heavy (non-hydrogen) atoms. The highest BCUT2D eigenvalue weighted by molar-refractivity contribution is 7.10. The molecule has 6 nitrogen and oxygen atoms in total. The number of hydrogen-bond acceptors (Lipinski definition) is 4. The van der Waals surface area contributed by atoms with E-state index < -0.39 is 0 Å². The second-order valence-electron chi connectivity index (χ2n) is 8.63. The summed E-state index contributed by atoms with van der Waals surface area (Å²) in [6, 6.07) is 16.4. The number of thiophene rings is 1. The average molecular weight is 512 g/mol. The van der Waals surface area contributed by atoms with Gasteiger partial charge in [0.15, 0.2) is 0 Å². The summed E-state index contributed by atoms with van der Waals surface area (Å²) in [6.45, 7) is 5.44. The number of aryl methyl sites for hydroxylation is 1. The van der Waals surface area contributed by atoms with Crippen LogP contribution in [0.1, 0.15) is 35.4 Å². The maximum atomic E-state index is 13.5. The minimum absolute atomic E-state index is 0.0163. The molecule has 8 heteroatoms. The molecule has 184 valence electrons. The fourth-order valence-corrected chi connectivity index (χ4v) is 5.25. The number of nitrogens with one attached hydrogen (secondary N) is 1. The van der Waals surface area contributed by atoms with Gasteiger partial charge in [-0.25, -0.2) is 4.79 Å². The number of benzene rings is 2. The standard InChI is InChI=1S/C27H30ClN3O3S/c1-3-14-30(27(33)29-21-8-4-19(2)5-9-21)17-26(32)31-15-12-25-23(13-16-35-25)24(31)18-34-22-10-6-20(28)7-11-22/h4-11,13,16,24H,3,12,14-15,17-18H2,1-2H3,(H,29,33). The third-order valence-electron chi connectivity index (χ3n) is 6.05. The average Bonchev–Trinajstić information content (AvgIpc) is 3.34. The van der Waals surface area contributed by atoms with Crippen LogP contribution in [-0.4, -0.2) is 48.0 Å². The van der Waals surface area contributed by atoms with E-state index in [2.05, 4.69) is 16.8 Å². The maximum absolute atomic E-state index is 13.5. The summed E-state index contributed by atoms with van der Waals surface area (Å²) < 4.78 is 6.05. The van der Waals surface area contributed by atoms with E-state index in [9.17, 15) is 9.59 Å². The molecule has 3 amide bonds. The first-order valence-electron chi connectivity index (χ1n) is 11.8. The van der Waals surface area contributed by atoms with Crippen LogP contribution in [0.5, 0.6) is 5.75 Å². The van der Waals surface area contributed by atoms with Gasteiger partial charge in [-0.3, -0.25) is 4.79 Å². The molecule has 1 atom stereocenters. The molecular formula is C27H30ClN3O3S. The van der Waals surface area contributed by atoms with Gasteiger partial charge < -0.3 is 19.9 Å². The SMILES string of the molecule is CCCN(CC(=O)N1CCc2sccc2C1COc1ccc(Cl)cc1)C(=O)Nc1ccc(C)cc1. The van der Waals surface area contributed by atoms with Crippen LogP contribution in [0.25, 0.3) is 0 Å². The summed E-state index contributed by atoms with van der Waals surface area (Å²) in [6.07, 6.45) is 1.56. The highest BCUT2D eigenvalue weighted by atomic mass is 35.5. The quantitative estimate of drug-likeness (QED) is 0.394. The molecule has 1 aromatic heterocycles. The fraction of sp³-hybridized carbons (Fsp3) is 0.333. The van der Waals surface area contributed by atoms with E-state index in [4.69, 9.17) is 16.3 Å². The molecule has 2 aromatic carbocycles. The second kappa shape index (κ2) is 11.6. The first-order valence-corrected chi connectivity index (χ1v) is 13.1. The number of fused-ring (bicyclic) bond motifs is 1. The van der Waals surface area contributed by atoms with Crippen molar-refractivity contribution in [2.24, 2.45) is 0 Å². The fourth-order valence-electron chi connectivity index (χ4n) is 4.20. The minimum Gasteiger partial charge on any atom is -0.491 e. The van der Waals surface area contributed by atoms with Crippen LogP contribution in [0.15, 0.2) is 60.0 Å². The predicted molar refractivity (Wildman–Crippen MR) is 141 cm³/mol. The van der Waals surface area contributed by atoms with E-state index in [0.717, 1.165) is 24.0 Å². The Kier molecular flexibility index (Phi) is 8.31. The Labute approximate surface area is 215 Å². The van der Waals surface area contributed by atoms with E-state index in [0.29, 0.717) is 36.2 Å². The Morgan fingerprint density at radius 1 is 1.14 bits per heavy atom. The van der Waals surface area contributed by atoms with Crippen LogP contribution in [0.4, 0.5) is 10.5 Å². The van der Waals surface area contributed by atoms with Gasteiger partial charge in [-0.1, -0.05) is 36.2 Å². The van der Waals surface area contributed by atoms with E-state index in [-0.39, 0.29) is 24.5 Å². The van der Waals surface area contributed by atoms with Gasteiger partial charge in [-0.15, -0.1) is 11.3 Å². The summed E-state index contributed by atoms with van der Waals surface area (Å²) in [5, 5.41) is 5.63. The van der Waals surface area contributed by atoms with Gasteiger partial charge in [-0.2, -0.15) is 0 Å². The first kappa shape index (κ1) is 25.1. The van der Waals surface area contributed by atoms with Gasteiger partial charge in [0.1, 0.15) is 18.9 Å². The van der Waals surface area contributed by atoms with Gasteiger partial charge in [0.25, 0.3) is 0 Å². The molecule has 3 aromatic rings. The lowest BCUT2D eigenvalue weighted by Crippen LogP contribution is -2.48. The largest absolute Gasteiger partial charge is 0.491 e. The zero-order valence-corrected chi connectivity index (χ0v) is 21.6. The minimum atomic E-state index is -0.272. The normalized spacial score (nSPS) is 14.8. The molecule has 1 aliphatic heterocycles. The second-order valence-corrected chi connectivity index (χ2v) is 10.1. The number of anilines is 1. The Bertz CT molecular complexity index is 1150. The van der Waals surface area contributed by atoms with Crippen molar-refractivity contribution in [3.05, 3.63) is 81.0 Å². The van der Waals surface area contributed by atoms with Crippen molar-refractivity contribution in [2.75, 3.05) is 31.6 Å². The van der Waals surface area contributed by atoms with Crippen LogP contribution < -0.4 is 10.1 Å². The summed E-state index contributed by atoms with van der Waals surface area (Å²) in [7, 11) is 0. The smallest absolute Gasteiger partial charge is 0.322 e. The number of carbonyl (C=O) groups excluding carboxylic acids is 2. The molecule has 0 bridgehead atoms. The number of nitrogens with zero attached hydrogens (tertiary/aromatic N) is 2. The molecule has 1 aliphatic rings. The van der Waals surface area contributed by atoms with Gasteiger partial charge in [0.05, 0.1) is 6.04 Å². The lowest BCUT2D eigenvalue weighted by molar-refractivity contribution is -0.135. The summed E-state index contributed by atoms with van der Waals surface area (Å²) in [4.78, 5) is 31.2. The van der Waals surface area contributed by atoms with Crippen LogP contribution >= 0.6 is 22.9 Å². The van der Waals surface area contributed by atoms with Crippen LogP contribution in [0.3, 0.4) is 0 Å². The third kappa shape index (κ3) is 6.35. The van der Waals surface area contributed by atoms with Gasteiger partial charge in [0, 0.05) is 28.7 Å². The van der Waals surface area contributed by atoms with Crippen molar-refractivity contribution in [3.63, 3.8) is 0 Å². The van der Waals surface area contributed by atoms with Crippen LogP contribution in [0, 0.1) is 6.92 Å². The topological polar surface area (TPSA) is 61.9 Å². The number of carbonyl (C=O) groups is 2. The van der Waals surface area contributed by atoms with Gasteiger partial charge >= 0.3 is 6.03 Å². The predicted octanol–water partition coefficient (Wildman–Crippen LogP) is 6.16. The molecular weight excluding hydrogens is 482 g/mol. The number of ether oxygens (including phenoxy) is 1.